The van der Waals surface area contributed by atoms with Crippen LogP contribution in [0.2, 0.25) is 5.02 Å². The fourth-order valence-electron chi connectivity index (χ4n) is 6.37. The quantitative estimate of drug-likeness (QED) is 0.498. The number of para-hydroxylation sites is 1. The highest BCUT2D eigenvalue weighted by Crippen LogP contribution is 2.41. The third-order valence-corrected chi connectivity index (χ3v) is 8.54. The van der Waals surface area contributed by atoms with E-state index in [9.17, 15) is 19.2 Å². The molecule has 2 saturated heterocycles. The fraction of sp³-hybridized carbons (Fsp3) is 0.556. The van der Waals surface area contributed by atoms with E-state index in [1.807, 2.05) is 12.1 Å². The van der Waals surface area contributed by atoms with Crippen LogP contribution in [0.25, 0.3) is 10.9 Å². The van der Waals surface area contributed by atoms with Gasteiger partial charge in [-0.05, 0) is 56.1 Å². The minimum absolute atomic E-state index is 0.0157. The van der Waals surface area contributed by atoms with Crippen molar-refractivity contribution in [3.05, 3.63) is 35.0 Å². The third kappa shape index (κ3) is 5.06. The number of piperidine rings is 1. The predicted octanol–water partition coefficient (Wildman–Crippen LogP) is 3.03. The Hall–Kier alpha value is -3.07. The van der Waals surface area contributed by atoms with Crippen LogP contribution >= 0.6 is 11.6 Å². The number of ether oxygens (including phenoxy) is 1. The van der Waals surface area contributed by atoms with Gasteiger partial charge in [-0.2, -0.15) is 0 Å². The summed E-state index contributed by atoms with van der Waals surface area (Å²) >= 11 is 6.31. The van der Waals surface area contributed by atoms with Gasteiger partial charge in [0.1, 0.15) is 17.8 Å². The molecule has 9 nitrogen and oxygen atoms in total. The van der Waals surface area contributed by atoms with E-state index in [1.54, 1.807) is 17.0 Å². The Morgan fingerprint density at radius 2 is 2.00 bits per heavy atom. The van der Waals surface area contributed by atoms with Gasteiger partial charge in [0.05, 0.1) is 17.6 Å². The summed E-state index contributed by atoms with van der Waals surface area (Å²) in [6, 6.07) is 5.57. The predicted molar refractivity (Wildman–Crippen MR) is 138 cm³/mol. The molecule has 3 amide bonds. The molecule has 1 saturated carbocycles. The number of aromatic nitrogens is 1. The molecule has 3 N–H and O–H groups in total. The second kappa shape index (κ2) is 10.7. The second-order valence-corrected chi connectivity index (χ2v) is 10.9. The lowest BCUT2D eigenvalue weighted by atomic mass is 9.78. The van der Waals surface area contributed by atoms with Gasteiger partial charge in [0.2, 0.25) is 11.8 Å². The molecule has 198 valence electrons. The van der Waals surface area contributed by atoms with Gasteiger partial charge in [-0.15, -0.1) is 0 Å². The van der Waals surface area contributed by atoms with Crippen LogP contribution in [0.4, 0.5) is 0 Å². The maximum atomic E-state index is 13.8. The number of hydrogen-bond acceptors (Lipinski definition) is 5. The summed E-state index contributed by atoms with van der Waals surface area (Å²) in [5, 5.41) is 7.04. The maximum absolute atomic E-state index is 13.8. The van der Waals surface area contributed by atoms with Crippen LogP contribution < -0.4 is 10.6 Å². The van der Waals surface area contributed by atoms with Crippen molar-refractivity contribution < 1.29 is 23.9 Å². The molecule has 5 rings (SSSR count). The Labute approximate surface area is 220 Å². The van der Waals surface area contributed by atoms with Crippen molar-refractivity contribution in [1.82, 2.24) is 20.5 Å². The number of benzene rings is 1. The molecule has 3 heterocycles. The Kier molecular flexibility index (Phi) is 7.42. The van der Waals surface area contributed by atoms with Gasteiger partial charge in [-0.25, -0.2) is 4.79 Å². The average Bonchev–Trinajstić information content (AvgIpc) is 3.51. The third-order valence-electron chi connectivity index (χ3n) is 8.23. The van der Waals surface area contributed by atoms with Crippen LogP contribution in [0.5, 0.6) is 0 Å². The molecule has 10 heteroatoms. The Balaban J connectivity index is 1.40. The molecule has 3 aliphatic rings. The Bertz CT molecular complexity index is 1210. The molecule has 1 aromatic heterocycles. The first kappa shape index (κ1) is 25.6. The largest absolute Gasteiger partial charge is 0.467 e. The van der Waals surface area contributed by atoms with Gasteiger partial charge in [0.15, 0.2) is 0 Å². The monoisotopic (exact) mass is 528 g/mol. The zero-order valence-corrected chi connectivity index (χ0v) is 21.7. The van der Waals surface area contributed by atoms with Crippen molar-refractivity contribution in [3.63, 3.8) is 0 Å². The zero-order chi connectivity index (χ0) is 26.1. The van der Waals surface area contributed by atoms with E-state index >= 15 is 0 Å². The maximum Gasteiger partial charge on any atom is 0.328 e. The lowest BCUT2D eigenvalue weighted by Gasteiger charge is -2.31. The highest BCUT2D eigenvalue weighted by atomic mass is 35.5. The van der Waals surface area contributed by atoms with E-state index in [0.717, 1.165) is 37.5 Å². The molecule has 3 fully saturated rings. The first-order chi connectivity index (χ1) is 17.9. The molecular formula is C27H33ClN4O5. The van der Waals surface area contributed by atoms with Crippen molar-refractivity contribution in [2.45, 2.75) is 57.0 Å². The van der Waals surface area contributed by atoms with Crippen molar-refractivity contribution in [3.8, 4) is 0 Å². The van der Waals surface area contributed by atoms with Gasteiger partial charge in [-0.3, -0.25) is 14.4 Å². The molecular weight excluding hydrogens is 496 g/mol. The molecule has 0 spiro atoms. The molecule has 37 heavy (non-hydrogen) atoms. The number of halogens is 1. The molecule has 2 aromatic rings. The van der Waals surface area contributed by atoms with Crippen LogP contribution in [0.3, 0.4) is 0 Å². The number of aromatic amines is 1. The van der Waals surface area contributed by atoms with E-state index in [4.69, 9.17) is 16.3 Å². The number of nitrogens with zero attached hydrogens (tertiary/aromatic N) is 1. The van der Waals surface area contributed by atoms with E-state index < -0.39 is 18.1 Å². The molecule has 1 aromatic carbocycles. The minimum atomic E-state index is -0.960. The highest BCUT2D eigenvalue weighted by molar-refractivity contribution is 6.35. The first-order valence-corrected chi connectivity index (χ1v) is 13.5. The Morgan fingerprint density at radius 3 is 2.76 bits per heavy atom. The van der Waals surface area contributed by atoms with E-state index in [1.165, 1.54) is 7.11 Å². The summed E-state index contributed by atoms with van der Waals surface area (Å²) < 4.78 is 4.96. The van der Waals surface area contributed by atoms with Gasteiger partial charge < -0.3 is 25.3 Å². The van der Waals surface area contributed by atoms with Crippen LogP contribution in [0.15, 0.2) is 24.3 Å². The molecule has 0 radical (unpaired) electrons. The smallest absolute Gasteiger partial charge is 0.328 e. The zero-order valence-electron chi connectivity index (χ0n) is 20.9. The summed E-state index contributed by atoms with van der Waals surface area (Å²) in [5.41, 5.74) is 1.06. The Morgan fingerprint density at radius 1 is 1.19 bits per heavy atom. The van der Waals surface area contributed by atoms with Crippen molar-refractivity contribution in [1.29, 1.82) is 0 Å². The number of H-pyrrole nitrogens is 1. The van der Waals surface area contributed by atoms with Gasteiger partial charge in [-0.1, -0.05) is 36.6 Å². The van der Waals surface area contributed by atoms with Crippen molar-refractivity contribution in [2.24, 2.45) is 17.8 Å². The highest BCUT2D eigenvalue weighted by Gasteiger charge is 2.49. The molecule has 1 unspecified atom stereocenters. The van der Waals surface area contributed by atoms with E-state index in [0.29, 0.717) is 35.7 Å². The fourth-order valence-corrected chi connectivity index (χ4v) is 6.60. The number of amides is 3. The molecule has 1 aliphatic carbocycles. The van der Waals surface area contributed by atoms with Gasteiger partial charge >= 0.3 is 5.97 Å². The molecule has 2 aliphatic heterocycles. The normalized spacial score (nSPS) is 26.3. The van der Waals surface area contributed by atoms with E-state index in [-0.39, 0.29) is 41.9 Å². The summed E-state index contributed by atoms with van der Waals surface area (Å²) in [4.78, 5) is 57.3. The standard InChI is InChI=1S/C27H33ClN4O5/c1-37-27(36)21(13-16-8-5-11-29-24(16)33)31-25(34)23-18-9-3-2-6-17(18)14-32(23)26(35)20-12-15-7-4-10-19(28)22(15)30-20/h4,7,10,12,16-18,21,23,30H,2-3,5-6,8-9,11,13-14H2,1H3,(H,29,33)(H,31,34)/t16-,17-,18-,21?,23-/m0/s1. The van der Waals surface area contributed by atoms with Crippen molar-refractivity contribution >= 4 is 46.2 Å². The minimum Gasteiger partial charge on any atom is -0.467 e. The van der Waals surface area contributed by atoms with Gasteiger partial charge in [0, 0.05) is 24.4 Å². The van der Waals surface area contributed by atoms with Crippen LogP contribution in [-0.2, 0) is 19.1 Å². The van der Waals surface area contributed by atoms with Crippen LogP contribution in [-0.4, -0.2) is 65.9 Å². The summed E-state index contributed by atoms with van der Waals surface area (Å²) in [7, 11) is 1.27. The number of likely N-dealkylation sites (tertiary alicyclic amines) is 1. The summed E-state index contributed by atoms with van der Waals surface area (Å²) in [6.07, 6.45) is 5.51. The van der Waals surface area contributed by atoms with Crippen LogP contribution in [0.1, 0.15) is 55.4 Å². The lowest BCUT2D eigenvalue weighted by Crippen LogP contribution is -2.54. The second-order valence-electron chi connectivity index (χ2n) is 10.4. The number of carbonyl (C=O) groups excluding carboxylic acids is 4. The number of hydrogen-bond donors (Lipinski definition) is 3. The van der Waals surface area contributed by atoms with Crippen molar-refractivity contribution in [2.75, 3.05) is 20.2 Å². The summed E-state index contributed by atoms with van der Waals surface area (Å²) in [6.45, 7) is 1.10. The number of methoxy groups -OCH3 is 1. The molecule has 0 bridgehead atoms. The average molecular weight is 529 g/mol. The SMILES string of the molecule is COC(=O)C(C[C@@H]1CCCNC1=O)NC(=O)[C@@H]1[C@H]2CCCC[C@H]2CN1C(=O)c1cc2cccc(Cl)c2[nH]1. The number of esters is 1. The van der Waals surface area contributed by atoms with Crippen LogP contribution in [0, 0.1) is 17.8 Å². The van der Waals surface area contributed by atoms with E-state index in [2.05, 4.69) is 15.6 Å². The summed E-state index contributed by atoms with van der Waals surface area (Å²) in [5.74, 6) is -1.47. The van der Waals surface area contributed by atoms with Gasteiger partial charge in [0.25, 0.3) is 5.91 Å². The number of carbonyl (C=O) groups is 4. The lowest BCUT2D eigenvalue weighted by molar-refractivity contribution is -0.146. The number of rotatable bonds is 6. The number of nitrogens with one attached hydrogen (secondary N) is 3. The number of fused-ring (bicyclic) bond motifs is 2. The topological polar surface area (TPSA) is 121 Å². The first-order valence-electron chi connectivity index (χ1n) is 13.1. The molecule has 5 atom stereocenters.